The molecule has 3 fully saturated rings. The van der Waals surface area contributed by atoms with E-state index in [0.29, 0.717) is 12.5 Å². The van der Waals surface area contributed by atoms with E-state index < -0.39 is 12.2 Å². The lowest BCUT2D eigenvalue weighted by Crippen LogP contribution is -2.46. The van der Waals surface area contributed by atoms with E-state index in [0.717, 1.165) is 45.1 Å². The molecule has 30 heavy (non-hydrogen) atoms. The monoisotopic (exact) mass is 424 g/mol. The van der Waals surface area contributed by atoms with E-state index >= 15 is 0 Å². The quantitative estimate of drug-likeness (QED) is 0.426. The number of alkyl carbamates (subject to hydrolysis) is 1. The molecule has 3 N–H and O–H groups in total. The maximum absolute atomic E-state index is 12.1. The molecule has 0 aromatic carbocycles. The molecule has 1 saturated carbocycles. The Morgan fingerprint density at radius 3 is 2.60 bits per heavy atom. The molecule has 3 atom stereocenters. The third kappa shape index (κ3) is 7.25. The van der Waals surface area contributed by atoms with Gasteiger partial charge in [0.2, 0.25) is 5.91 Å². The fourth-order valence-corrected chi connectivity index (χ4v) is 4.65. The normalized spacial score (nSPS) is 33.8. The van der Waals surface area contributed by atoms with Gasteiger partial charge in [-0.2, -0.15) is 0 Å². The Morgan fingerprint density at radius 1 is 1.27 bits per heavy atom. The van der Waals surface area contributed by atoms with Crippen molar-refractivity contribution in [2.45, 2.75) is 88.7 Å². The minimum Gasteiger partial charge on any atom is -0.447 e. The Balaban J connectivity index is 1.29. The highest BCUT2D eigenvalue weighted by Crippen LogP contribution is 2.45. The van der Waals surface area contributed by atoms with Gasteiger partial charge >= 0.3 is 6.09 Å². The summed E-state index contributed by atoms with van der Waals surface area (Å²) < 4.78 is 17.0. The molecule has 8 heteroatoms. The van der Waals surface area contributed by atoms with Crippen LogP contribution in [-0.4, -0.2) is 66.3 Å². The summed E-state index contributed by atoms with van der Waals surface area (Å²) in [5.74, 6) is 0.208. The molecule has 2 saturated heterocycles. The van der Waals surface area contributed by atoms with Crippen molar-refractivity contribution in [3.05, 3.63) is 12.2 Å². The number of hydrogen-bond acceptors (Lipinski definition) is 6. The SMILES string of the molecule is C[C@H](O)/C=C\C(=O)NC1CCC(CNC(=O)OC[C@@H]2C[C@]3(CO3)CC(C)(C)O2)CC1. The molecule has 0 unspecified atom stereocenters. The molecule has 2 heterocycles. The second-order valence-electron chi connectivity index (χ2n) is 9.66. The van der Waals surface area contributed by atoms with Gasteiger partial charge in [-0.15, -0.1) is 0 Å². The fraction of sp³-hybridized carbons (Fsp3) is 0.818. The summed E-state index contributed by atoms with van der Waals surface area (Å²) in [6.45, 7) is 7.27. The second-order valence-corrected chi connectivity index (χ2v) is 9.66. The predicted molar refractivity (Wildman–Crippen MR) is 111 cm³/mol. The zero-order valence-corrected chi connectivity index (χ0v) is 18.3. The number of aliphatic hydroxyl groups excluding tert-OH is 1. The van der Waals surface area contributed by atoms with Gasteiger partial charge in [0.15, 0.2) is 0 Å². The number of epoxide rings is 1. The molecule has 1 aliphatic carbocycles. The summed E-state index contributed by atoms with van der Waals surface area (Å²) in [4.78, 5) is 23.9. The van der Waals surface area contributed by atoms with E-state index in [1.165, 1.54) is 12.2 Å². The van der Waals surface area contributed by atoms with Crippen LogP contribution in [0.1, 0.15) is 59.3 Å². The van der Waals surface area contributed by atoms with Crippen molar-refractivity contribution >= 4 is 12.0 Å². The Labute approximate surface area is 178 Å². The maximum atomic E-state index is 12.1. The molecule has 170 valence electrons. The minimum atomic E-state index is -0.628. The van der Waals surface area contributed by atoms with Gasteiger partial charge in [-0.05, 0) is 52.4 Å². The van der Waals surface area contributed by atoms with Crippen LogP contribution in [0.5, 0.6) is 0 Å². The van der Waals surface area contributed by atoms with Gasteiger partial charge in [-0.25, -0.2) is 4.79 Å². The van der Waals surface area contributed by atoms with Crippen molar-refractivity contribution in [1.82, 2.24) is 10.6 Å². The van der Waals surface area contributed by atoms with Gasteiger partial charge in [0.05, 0.1) is 30.0 Å². The third-order valence-electron chi connectivity index (χ3n) is 6.04. The smallest absolute Gasteiger partial charge is 0.407 e. The van der Waals surface area contributed by atoms with Gasteiger partial charge in [-0.1, -0.05) is 6.08 Å². The van der Waals surface area contributed by atoms with Gasteiger partial charge in [0.1, 0.15) is 6.61 Å². The molecule has 0 bridgehead atoms. The Morgan fingerprint density at radius 2 is 1.97 bits per heavy atom. The van der Waals surface area contributed by atoms with Crippen molar-refractivity contribution in [2.75, 3.05) is 19.8 Å². The van der Waals surface area contributed by atoms with E-state index in [4.69, 9.17) is 14.2 Å². The molecular weight excluding hydrogens is 388 g/mol. The molecule has 1 spiro atoms. The van der Waals surface area contributed by atoms with E-state index in [2.05, 4.69) is 10.6 Å². The summed E-state index contributed by atoms with van der Waals surface area (Å²) in [5, 5.41) is 15.0. The molecular formula is C22H36N2O6. The summed E-state index contributed by atoms with van der Waals surface area (Å²) in [6.07, 6.45) is 6.94. The zero-order valence-electron chi connectivity index (χ0n) is 18.3. The molecule has 8 nitrogen and oxygen atoms in total. The number of carbonyl (C=O) groups is 2. The van der Waals surface area contributed by atoms with Crippen molar-refractivity contribution in [1.29, 1.82) is 0 Å². The highest BCUT2D eigenvalue weighted by Gasteiger charge is 2.54. The third-order valence-corrected chi connectivity index (χ3v) is 6.04. The molecule has 3 rings (SSSR count). The zero-order chi connectivity index (χ0) is 21.8. The lowest BCUT2D eigenvalue weighted by Gasteiger charge is -2.39. The molecule has 3 aliphatic rings. The van der Waals surface area contributed by atoms with E-state index in [1.54, 1.807) is 6.92 Å². The second kappa shape index (κ2) is 9.66. The summed E-state index contributed by atoms with van der Waals surface area (Å²) in [6, 6.07) is 0.142. The van der Waals surface area contributed by atoms with Crippen LogP contribution in [0.15, 0.2) is 12.2 Å². The van der Waals surface area contributed by atoms with Crippen LogP contribution in [0.3, 0.4) is 0 Å². The van der Waals surface area contributed by atoms with E-state index in [9.17, 15) is 14.7 Å². The summed E-state index contributed by atoms with van der Waals surface area (Å²) in [7, 11) is 0. The van der Waals surface area contributed by atoms with Crippen LogP contribution in [0.2, 0.25) is 0 Å². The number of nitrogens with one attached hydrogen (secondary N) is 2. The first kappa shape index (κ1) is 23.0. The van der Waals surface area contributed by atoms with Crippen molar-refractivity contribution < 1.29 is 28.9 Å². The predicted octanol–water partition coefficient (Wildman–Crippen LogP) is 2.05. The summed E-state index contributed by atoms with van der Waals surface area (Å²) in [5.41, 5.74) is -0.341. The largest absolute Gasteiger partial charge is 0.447 e. The standard InChI is InChI=1S/C22H36N2O6/c1-15(25)4-9-19(26)24-17-7-5-16(6-8-17)11-23-20(27)28-12-18-10-22(14-29-22)13-21(2,3)30-18/h4,9,15-18,25H,5-8,10-14H2,1-3H3,(H,23,27)(H,24,26)/b9-4-/t15-,16?,17?,18-,22+/m0/s1. The number of hydrogen-bond donors (Lipinski definition) is 3. The van der Waals surface area contributed by atoms with Crippen LogP contribution in [-0.2, 0) is 19.0 Å². The highest BCUT2D eigenvalue weighted by molar-refractivity contribution is 5.87. The lowest BCUT2D eigenvalue weighted by atomic mass is 9.86. The first-order valence-corrected chi connectivity index (χ1v) is 11.0. The van der Waals surface area contributed by atoms with Gasteiger partial charge < -0.3 is 30.0 Å². The van der Waals surface area contributed by atoms with Crippen molar-refractivity contribution in [3.8, 4) is 0 Å². The van der Waals surface area contributed by atoms with Crippen molar-refractivity contribution in [3.63, 3.8) is 0 Å². The maximum Gasteiger partial charge on any atom is 0.407 e. The molecule has 2 aliphatic heterocycles. The minimum absolute atomic E-state index is 0.0769. The van der Waals surface area contributed by atoms with Gasteiger partial charge in [0, 0.05) is 31.5 Å². The Bertz CT molecular complexity index is 630. The van der Waals surface area contributed by atoms with E-state index in [-0.39, 0.29) is 35.9 Å². The summed E-state index contributed by atoms with van der Waals surface area (Å²) >= 11 is 0. The number of ether oxygens (including phenoxy) is 3. The first-order chi connectivity index (χ1) is 14.1. The topological polar surface area (TPSA) is 109 Å². The van der Waals surface area contributed by atoms with Crippen LogP contribution >= 0.6 is 0 Å². The van der Waals surface area contributed by atoms with Crippen molar-refractivity contribution in [2.24, 2.45) is 5.92 Å². The van der Waals surface area contributed by atoms with Gasteiger partial charge in [-0.3, -0.25) is 4.79 Å². The highest BCUT2D eigenvalue weighted by atomic mass is 16.6. The first-order valence-electron chi connectivity index (χ1n) is 11.0. The molecule has 0 radical (unpaired) electrons. The average molecular weight is 425 g/mol. The van der Waals surface area contributed by atoms with Crippen LogP contribution < -0.4 is 10.6 Å². The number of carbonyl (C=O) groups excluding carboxylic acids is 2. The van der Waals surface area contributed by atoms with Gasteiger partial charge in [0.25, 0.3) is 0 Å². The van der Waals surface area contributed by atoms with Crippen LogP contribution in [0.25, 0.3) is 0 Å². The number of aliphatic hydroxyl groups is 1. The fourth-order valence-electron chi connectivity index (χ4n) is 4.65. The lowest BCUT2D eigenvalue weighted by molar-refractivity contribution is -0.144. The molecule has 0 aromatic rings. The van der Waals surface area contributed by atoms with Crippen LogP contribution in [0, 0.1) is 5.92 Å². The molecule has 2 amide bonds. The van der Waals surface area contributed by atoms with Crippen LogP contribution in [0.4, 0.5) is 4.79 Å². The van der Waals surface area contributed by atoms with E-state index in [1.807, 2.05) is 13.8 Å². The Kier molecular flexibility index (Phi) is 7.42. The average Bonchev–Trinajstić information content (AvgIpc) is 3.40. The molecule has 0 aromatic heterocycles. The number of rotatable bonds is 7. The number of amides is 2. The Hall–Kier alpha value is -1.64.